The molecule has 0 fully saturated rings. The van der Waals surface area contributed by atoms with Crippen molar-refractivity contribution in [3.05, 3.63) is 59.1 Å². The third kappa shape index (κ3) is 4.22. The van der Waals surface area contributed by atoms with E-state index in [1.54, 1.807) is 24.3 Å². The summed E-state index contributed by atoms with van der Waals surface area (Å²) < 4.78 is 5.24. The van der Waals surface area contributed by atoms with Crippen LogP contribution in [-0.4, -0.2) is 23.6 Å². The molecule has 0 bridgehead atoms. The van der Waals surface area contributed by atoms with Crippen LogP contribution in [0.4, 0.5) is 5.69 Å². The number of hydrogen-bond donors (Lipinski definition) is 2. The predicted octanol–water partition coefficient (Wildman–Crippen LogP) is 3.06. The van der Waals surface area contributed by atoms with Crippen molar-refractivity contribution in [1.82, 2.24) is 0 Å². The van der Waals surface area contributed by atoms with Gasteiger partial charge in [0.25, 0.3) is 5.91 Å². The molecule has 0 unspecified atom stereocenters. The van der Waals surface area contributed by atoms with Crippen molar-refractivity contribution in [3.63, 3.8) is 0 Å². The molecule has 0 aromatic heterocycles. The van der Waals surface area contributed by atoms with Gasteiger partial charge in [0.15, 0.2) is 6.61 Å². The van der Waals surface area contributed by atoms with E-state index in [1.807, 2.05) is 6.07 Å². The highest BCUT2D eigenvalue weighted by atomic mass is 35.5. The Morgan fingerprint density at radius 2 is 1.86 bits per heavy atom. The third-order valence-electron chi connectivity index (χ3n) is 2.59. The fourth-order valence-corrected chi connectivity index (χ4v) is 1.82. The lowest BCUT2D eigenvalue weighted by Gasteiger charge is -2.10. The number of aromatic carboxylic acids is 1. The number of carboxylic acids is 1. The number of anilines is 1. The zero-order valence-electron chi connectivity index (χ0n) is 10.9. The lowest BCUT2D eigenvalue weighted by Crippen LogP contribution is -2.20. The Bertz CT molecular complexity index is 658. The largest absolute Gasteiger partial charge is 0.483 e. The predicted molar refractivity (Wildman–Crippen MR) is 79.0 cm³/mol. The zero-order valence-corrected chi connectivity index (χ0v) is 11.6. The second kappa shape index (κ2) is 6.76. The van der Waals surface area contributed by atoms with Crippen LogP contribution >= 0.6 is 11.6 Å². The summed E-state index contributed by atoms with van der Waals surface area (Å²) in [6.45, 7) is -0.310. The van der Waals surface area contributed by atoms with Crippen LogP contribution in [0.2, 0.25) is 5.02 Å². The molecule has 5 nitrogen and oxygen atoms in total. The summed E-state index contributed by atoms with van der Waals surface area (Å²) in [6.07, 6.45) is 0. The Morgan fingerprint density at radius 1 is 1.14 bits per heavy atom. The van der Waals surface area contributed by atoms with Crippen LogP contribution in [0.1, 0.15) is 10.4 Å². The summed E-state index contributed by atoms with van der Waals surface area (Å²) in [7, 11) is 0. The molecule has 2 rings (SSSR count). The first kappa shape index (κ1) is 14.9. The van der Waals surface area contributed by atoms with Crippen molar-refractivity contribution in [2.24, 2.45) is 0 Å². The van der Waals surface area contributed by atoms with Gasteiger partial charge in [-0.15, -0.1) is 0 Å². The number of benzene rings is 2. The Hall–Kier alpha value is -2.53. The maximum atomic E-state index is 11.7. The topological polar surface area (TPSA) is 75.6 Å². The van der Waals surface area contributed by atoms with Crippen molar-refractivity contribution in [1.29, 1.82) is 0 Å². The van der Waals surface area contributed by atoms with Crippen LogP contribution in [-0.2, 0) is 4.79 Å². The van der Waals surface area contributed by atoms with Gasteiger partial charge < -0.3 is 15.2 Å². The van der Waals surface area contributed by atoms with Gasteiger partial charge in [-0.3, -0.25) is 4.79 Å². The quantitative estimate of drug-likeness (QED) is 0.890. The fourth-order valence-electron chi connectivity index (χ4n) is 1.65. The van der Waals surface area contributed by atoms with E-state index in [4.69, 9.17) is 21.4 Å². The molecule has 108 valence electrons. The van der Waals surface area contributed by atoms with E-state index in [0.29, 0.717) is 10.7 Å². The molecule has 0 heterocycles. The number of hydrogen-bond acceptors (Lipinski definition) is 3. The molecule has 0 radical (unpaired) electrons. The van der Waals surface area contributed by atoms with E-state index in [9.17, 15) is 9.59 Å². The Labute approximate surface area is 126 Å². The van der Waals surface area contributed by atoms with Gasteiger partial charge in [-0.25, -0.2) is 4.79 Å². The van der Waals surface area contributed by atoms with Crippen molar-refractivity contribution in [3.8, 4) is 5.75 Å². The number of carboxylic acid groups (broad SMARTS) is 1. The van der Waals surface area contributed by atoms with E-state index in [1.165, 1.54) is 18.2 Å². The molecule has 0 aliphatic carbocycles. The highest BCUT2D eigenvalue weighted by molar-refractivity contribution is 6.30. The molecule has 2 N–H and O–H groups in total. The Kier molecular flexibility index (Phi) is 4.79. The molecule has 21 heavy (non-hydrogen) atoms. The zero-order chi connectivity index (χ0) is 15.2. The molecule has 0 saturated carbocycles. The van der Waals surface area contributed by atoms with Crippen molar-refractivity contribution < 1.29 is 19.4 Å². The maximum Gasteiger partial charge on any atom is 0.339 e. The van der Waals surface area contributed by atoms with Crippen LogP contribution in [0.5, 0.6) is 5.75 Å². The van der Waals surface area contributed by atoms with Gasteiger partial charge >= 0.3 is 5.97 Å². The van der Waals surface area contributed by atoms with Gasteiger partial charge in [0.1, 0.15) is 11.3 Å². The summed E-state index contributed by atoms with van der Waals surface area (Å²) in [6, 6.07) is 13.0. The number of nitrogens with one attached hydrogen (secondary N) is 1. The lowest BCUT2D eigenvalue weighted by atomic mass is 10.2. The van der Waals surface area contributed by atoms with Crippen LogP contribution in [0.3, 0.4) is 0 Å². The molecule has 2 aromatic rings. The Balaban J connectivity index is 2.01. The highest BCUT2D eigenvalue weighted by Crippen LogP contribution is 2.23. The second-order valence-electron chi connectivity index (χ2n) is 4.15. The molecule has 0 saturated heterocycles. The molecule has 6 heteroatoms. The van der Waals surface area contributed by atoms with Crippen LogP contribution in [0.15, 0.2) is 48.5 Å². The van der Waals surface area contributed by atoms with Gasteiger partial charge in [-0.1, -0.05) is 29.8 Å². The summed E-state index contributed by atoms with van der Waals surface area (Å²) in [5.41, 5.74) is 0.586. The first-order valence-corrected chi connectivity index (χ1v) is 6.44. The summed E-state index contributed by atoms with van der Waals surface area (Å²) in [5.74, 6) is -1.49. The molecule has 0 atom stereocenters. The van der Waals surface area contributed by atoms with E-state index >= 15 is 0 Å². The van der Waals surface area contributed by atoms with Gasteiger partial charge in [-0.2, -0.15) is 0 Å². The summed E-state index contributed by atoms with van der Waals surface area (Å²) >= 11 is 5.79. The normalized spacial score (nSPS) is 9.95. The average molecular weight is 306 g/mol. The molecule has 1 amide bonds. The number of carbonyl (C=O) groups excluding carboxylic acids is 1. The van der Waals surface area contributed by atoms with E-state index in [0.717, 1.165) is 0 Å². The lowest BCUT2D eigenvalue weighted by molar-refractivity contribution is -0.118. The minimum Gasteiger partial charge on any atom is -0.483 e. The molecule has 0 aliphatic rings. The van der Waals surface area contributed by atoms with E-state index in [2.05, 4.69) is 5.32 Å². The van der Waals surface area contributed by atoms with Crippen LogP contribution in [0, 0.1) is 0 Å². The molecular weight excluding hydrogens is 294 g/mol. The van der Waals surface area contributed by atoms with Gasteiger partial charge in [0, 0.05) is 10.7 Å². The smallest absolute Gasteiger partial charge is 0.339 e. The SMILES string of the molecule is O=C(COc1cc(Cl)ccc1C(=O)O)Nc1ccccc1. The summed E-state index contributed by atoms with van der Waals surface area (Å²) in [4.78, 5) is 22.8. The minimum absolute atomic E-state index is 0.0492. The first-order chi connectivity index (χ1) is 10.1. The standard InChI is InChI=1S/C15H12ClNO4/c16-10-6-7-12(15(19)20)13(8-10)21-9-14(18)17-11-4-2-1-3-5-11/h1-8H,9H2,(H,17,18)(H,19,20). The number of rotatable bonds is 5. The number of halogens is 1. The molecule has 2 aromatic carbocycles. The van der Waals surface area contributed by atoms with Crippen molar-refractivity contribution >= 4 is 29.2 Å². The summed E-state index contributed by atoms with van der Waals surface area (Å²) in [5, 5.41) is 12.0. The monoisotopic (exact) mass is 305 g/mol. The van der Waals surface area contributed by atoms with Crippen LogP contribution < -0.4 is 10.1 Å². The van der Waals surface area contributed by atoms with Gasteiger partial charge in [0.2, 0.25) is 0 Å². The minimum atomic E-state index is -1.15. The molecular formula is C15H12ClNO4. The number of carbonyl (C=O) groups is 2. The van der Waals surface area contributed by atoms with E-state index in [-0.39, 0.29) is 17.9 Å². The first-order valence-electron chi connectivity index (χ1n) is 6.07. The third-order valence-corrected chi connectivity index (χ3v) is 2.83. The van der Waals surface area contributed by atoms with E-state index < -0.39 is 11.9 Å². The van der Waals surface area contributed by atoms with Crippen molar-refractivity contribution in [2.75, 3.05) is 11.9 Å². The second-order valence-corrected chi connectivity index (χ2v) is 4.58. The molecule has 0 spiro atoms. The average Bonchev–Trinajstić information content (AvgIpc) is 2.46. The number of amides is 1. The van der Waals surface area contributed by atoms with Crippen molar-refractivity contribution in [2.45, 2.75) is 0 Å². The highest BCUT2D eigenvalue weighted by Gasteiger charge is 2.13. The number of ether oxygens (including phenoxy) is 1. The van der Waals surface area contributed by atoms with Gasteiger partial charge in [0.05, 0.1) is 0 Å². The maximum absolute atomic E-state index is 11.7. The fraction of sp³-hybridized carbons (Fsp3) is 0.0667. The van der Waals surface area contributed by atoms with Crippen LogP contribution in [0.25, 0.3) is 0 Å². The van der Waals surface area contributed by atoms with Gasteiger partial charge in [-0.05, 0) is 30.3 Å². The molecule has 0 aliphatic heterocycles. The Morgan fingerprint density at radius 3 is 2.52 bits per heavy atom. The number of para-hydroxylation sites is 1.